The van der Waals surface area contributed by atoms with E-state index in [4.69, 9.17) is 5.73 Å². The molecular weight excluding hydrogens is 312 g/mol. The summed E-state index contributed by atoms with van der Waals surface area (Å²) < 4.78 is 0. The van der Waals surface area contributed by atoms with Crippen molar-refractivity contribution < 1.29 is 9.59 Å². The van der Waals surface area contributed by atoms with E-state index in [9.17, 15) is 9.59 Å². The van der Waals surface area contributed by atoms with E-state index in [2.05, 4.69) is 11.8 Å². The molecule has 2 amide bonds. The van der Waals surface area contributed by atoms with E-state index in [0.29, 0.717) is 18.5 Å². The van der Waals surface area contributed by atoms with Gasteiger partial charge in [0, 0.05) is 23.2 Å². The molecule has 25 heavy (non-hydrogen) atoms. The number of primary amides is 1. The third kappa shape index (κ3) is 4.71. The molecule has 3 rings (SSSR count). The topological polar surface area (TPSA) is 63.4 Å². The highest BCUT2D eigenvalue weighted by atomic mass is 16.2. The average molecular weight is 334 g/mol. The van der Waals surface area contributed by atoms with Gasteiger partial charge in [0.25, 0.3) is 5.91 Å². The molecule has 0 bridgehead atoms. The number of hydrogen-bond acceptors (Lipinski definition) is 2. The summed E-state index contributed by atoms with van der Waals surface area (Å²) >= 11 is 0. The van der Waals surface area contributed by atoms with Gasteiger partial charge in [-0.15, -0.1) is 0 Å². The highest BCUT2D eigenvalue weighted by molar-refractivity contribution is 5.98. The molecule has 1 aliphatic heterocycles. The third-order valence-electron chi connectivity index (χ3n) is 3.75. The van der Waals surface area contributed by atoms with Crippen LogP contribution in [0.2, 0.25) is 0 Å². The molecule has 0 fully saturated rings. The number of amides is 2. The lowest BCUT2D eigenvalue weighted by atomic mass is 9.96. The van der Waals surface area contributed by atoms with Crippen molar-refractivity contribution in [2.75, 3.05) is 13.1 Å². The Balaban J connectivity index is 0.00000109. The molecule has 128 valence electrons. The van der Waals surface area contributed by atoms with Crippen LogP contribution in [0.25, 0.3) is 0 Å². The summed E-state index contributed by atoms with van der Waals surface area (Å²) in [6.07, 6.45) is 0.704. The fourth-order valence-electron chi connectivity index (χ4n) is 2.62. The van der Waals surface area contributed by atoms with Crippen LogP contribution in [0.1, 0.15) is 40.9 Å². The van der Waals surface area contributed by atoms with Crippen molar-refractivity contribution in [1.82, 2.24) is 4.90 Å². The summed E-state index contributed by atoms with van der Waals surface area (Å²) in [6, 6.07) is 15.3. The van der Waals surface area contributed by atoms with Gasteiger partial charge in [-0.05, 0) is 42.3 Å². The zero-order chi connectivity index (χ0) is 18.2. The molecule has 0 saturated carbocycles. The normalized spacial score (nSPS) is 12.2. The van der Waals surface area contributed by atoms with Crippen LogP contribution in [0.15, 0.2) is 48.5 Å². The highest BCUT2D eigenvalue weighted by Crippen LogP contribution is 2.20. The second-order valence-electron chi connectivity index (χ2n) is 5.43. The number of carbonyl (C=O) groups is 2. The maximum atomic E-state index is 12.3. The van der Waals surface area contributed by atoms with Crippen LogP contribution >= 0.6 is 0 Å². The Kier molecular flexibility index (Phi) is 6.36. The van der Waals surface area contributed by atoms with Crippen molar-refractivity contribution in [3.05, 3.63) is 70.8 Å². The molecule has 4 nitrogen and oxygen atoms in total. The van der Waals surface area contributed by atoms with E-state index < -0.39 is 5.91 Å². The Labute approximate surface area is 148 Å². The molecule has 2 aromatic carbocycles. The zero-order valence-electron chi connectivity index (χ0n) is 14.6. The van der Waals surface area contributed by atoms with E-state index in [1.54, 1.807) is 6.07 Å². The summed E-state index contributed by atoms with van der Waals surface area (Å²) in [5.41, 5.74) is 8.60. The van der Waals surface area contributed by atoms with E-state index >= 15 is 0 Å². The largest absolute Gasteiger partial charge is 0.368 e. The number of nitrogens with two attached hydrogens (primary N) is 1. The molecule has 1 aliphatic rings. The molecule has 0 saturated heterocycles. The summed E-state index contributed by atoms with van der Waals surface area (Å²) in [4.78, 5) is 24.8. The summed E-state index contributed by atoms with van der Waals surface area (Å²) in [6.45, 7) is 4.47. The van der Waals surface area contributed by atoms with Crippen LogP contribution in [-0.2, 0) is 11.2 Å². The van der Waals surface area contributed by atoms with Crippen molar-refractivity contribution >= 4 is 11.8 Å². The standard InChI is InChI=1S/C19H16N2O2.C2H6/c20-18(22)13-21-11-10-16-12-15(8-9-17(16)19(21)23)7-6-14-4-2-1-3-5-14;1-2/h1-5,8-9,12H,10-11,13H2,(H2,20,22);1-2H3. The van der Waals surface area contributed by atoms with E-state index in [1.165, 1.54) is 4.90 Å². The third-order valence-corrected chi connectivity index (χ3v) is 3.75. The van der Waals surface area contributed by atoms with Crippen molar-refractivity contribution in [3.63, 3.8) is 0 Å². The quantitative estimate of drug-likeness (QED) is 0.858. The predicted octanol–water partition coefficient (Wildman–Crippen LogP) is 2.60. The molecule has 0 atom stereocenters. The Morgan fingerprint density at radius 3 is 2.44 bits per heavy atom. The van der Waals surface area contributed by atoms with Crippen molar-refractivity contribution in [2.45, 2.75) is 20.3 Å². The van der Waals surface area contributed by atoms with Crippen LogP contribution in [-0.4, -0.2) is 29.8 Å². The molecule has 0 aliphatic carbocycles. The van der Waals surface area contributed by atoms with Gasteiger partial charge >= 0.3 is 0 Å². The Morgan fingerprint density at radius 2 is 1.76 bits per heavy atom. The Hall–Kier alpha value is -3.06. The molecule has 4 heteroatoms. The second kappa shape index (κ2) is 8.70. The van der Waals surface area contributed by atoms with Gasteiger partial charge in [0.15, 0.2) is 0 Å². The first kappa shape index (κ1) is 18.3. The average Bonchev–Trinajstić information content (AvgIpc) is 2.64. The lowest BCUT2D eigenvalue weighted by Gasteiger charge is -2.27. The SMILES string of the molecule is CC.NC(=O)CN1CCc2cc(C#Cc3ccccc3)ccc2C1=O. The predicted molar refractivity (Wildman–Crippen MR) is 99.0 cm³/mol. The van der Waals surface area contributed by atoms with Gasteiger partial charge in [0.1, 0.15) is 0 Å². The van der Waals surface area contributed by atoms with E-state index in [-0.39, 0.29) is 12.5 Å². The molecule has 2 aromatic rings. The Bertz CT molecular complexity index is 817. The van der Waals surface area contributed by atoms with Crippen molar-refractivity contribution in [3.8, 4) is 11.8 Å². The smallest absolute Gasteiger partial charge is 0.254 e. The van der Waals surface area contributed by atoms with E-state index in [1.807, 2.05) is 56.3 Å². The monoisotopic (exact) mass is 334 g/mol. The first-order valence-electron chi connectivity index (χ1n) is 8.41. The molecule has 0 radical (unpaired) electrons. The first-order valence-corrected chi connectivity index (χ1v) is 8.41. The van der Waals surface area contributed by atoms with Gasteiger partial charge in [-0.1, -0.05) is 43.9 Å². The zero-order valence-corrected chi connectivity index (χ0v) is 14.6. The lowest BCUT2D eigenvalue weighted by molar-refractivity contribution is -0.118. The Morgan fingerprint density at radius 1 is 1.08 bits per heavy atom. The minimum absolute atomic E-state index is 0.0339. The second-order valence-corrected chi connectivity index (χ2v) is 5.43. The first-order chi connectivity index (χ1) is 12.1. The fraction of sp³-hybridized carbons (Fsp3) is 0.238. The van der Waals surface area contributed by atoms with Gasteiger partial charge in [0.05, 0.1) is 6.54 Å². The number of nitrogens with zero attached hydrogens (tertiary/aromatic N) is 1. The highest BCUT2D eigenvalue weighted by Gasteiger charge is 2.25. The van der Waals surface area contributed by atoms with Crippen LogP contribution in [0.5, 0.6) is 0 Å². The maximum absolute atomic E-state index is 12.3. The summed E-state index contributed by atoms with van der Waals surface area (Å²) in [5, 5.41) is 0. The van der Waals surface area contributed by atoms with Gasteiger partial charge in [-0.25, -0.2) is 0 Å². The molecule has 0 spiro atoms. The van der Waals surface area contributed by atoms with Crippen LogP contribution < -0.4 is 5.73 Å². The number of fused-ring (bicyclic) bond motifs is 1. The van der Waals surface area contributed by atoms with Gasteiger partial charge in [0.2, 0.25) is 5.91 Å². The molecule has 0 aromatic heterocycles. The van der Waals surface area contributed by atoms with Crippen molar-refractivity contribution in [2.24, 2.45) is 5.73 Å². The van der Waals surface area contributed by atoms with E-state index in [0.717, 1.165) is 16.7 Å². The molecule has 1 heterocycles. The maximum Gasteiger partial charge on any atom is 0.254 e. The van der Waals surface area contributed by atoms with Crippen molar-refractivity contribution in [1.29, 1.82) is 0 Å². The van der Waals surface area contributed by atoms with Crippen LogP contribution in [0.3, 0.4) is 0 Å². The molecule has 2 N–H and O–H groups in total. The van der Waals surface area contributed by atoms with Crippen LogP contribution in [0, 0.1) is 11.8 Å². The summed E-state index contributed by atoms with van der Waals surface area (Å²) in [7, 11) is 0. The molecular formula is C21H22N2O2. The summed E-state index contributed by atoms with van der Waals surface area (Å²) in [5.74, 6) is 5.59. The molecule has 0 unspecified atom stereocenters. The van der Waals surface area contributed by atoms with Crippen LogP contribution in [0.4, 0.5) is 0 Å². The number of carbonyl (C=O) groups excluding carboxylic acids is 2. The van der Waals surface area contributed by atoms with Gasteiger partial charge < -0.3 is 10.6 Å². The van der Waals surface area contributed by atoms with Gasteiger partial charge in [-0.3, -0.25) is 9.59 Å². The number of hydrogen-bond donors (Lipinski definition) is 1. The number of benzene rings is 2. The minimum Gasteiger partial charge on any atom is -0.368 e. The number of rotatable bonds is 2. The van der Waals surface area contributed by atoms with Gasteiger partial charge in [-0.2, -0.15) is 0 Å². The minimum atomic E-state index is -0.493. The fourth-order valence-corrected chi connectivity index (χ4v) is 2.62. The lowest BCUT2D eigenvalue weighted by Crippen LogP contribution is -2.42.